The molecule has 0 saturated heterocycles. The van der Waals surface area contributed by atoms with Gasteiger partial charge < -0.3 is 14.3 Å². The van der Waals surface area contributed by atoms with Crippen molar-refractivity contribution in [3.63, 3.8) is 0 Å². The molecule has 136 valence electrons. The zero-order valence-corrected chi connectivity index (χ0v) is 15.1. The van der Waals surface area contributed by atoms with E-state index in [9.17, 15) is 4.79 Å². The number of hydrogen-bond donors (Lipinski definition) is 1. The maximum atomic E-state index is 13.0. The third-order valence-electron chi connectivity index (χ3n) is 4.77. The fourth-order valence-corrected chi connectivity index (χ4v) is 3.43. The van der Waals surface area contributed by atoms with Crippen LogP contribution in [0.5, 0.6) is 0 Å². The number of para-hydroxylation sites is 1. The van der Waals surface area contributed by atoms with Crippen LogP contribution in [-0.2, 0) is 0 Å². The minimum atomic E-state index is -0.259. The van der Waals surface area contributed by atoms with Crippen LogP contribution in [0.2, 0.25) is 0 Å². The van der Waals surface area contributed by atoms with Crippen molar-refractivity contribution >= 4 is 33.5 Å². The monoisotopic (exact) mass is 368 g/mol. The summed E-state index contributed by atoms with van der Waals surface area (Å²) in [5.41, 5.74) is 4.09. The molecule has 0 unspecified atom stereocenters. The van der Waals surface area contributed by atoms with E-state index in [0.717, 1.165) is 27.5 Å². The van der Waals surface area contributed by atoms with E-state index in [1.165, 1.54) is 0 Å². The summed E-state index contributed by atoms with van der Waals surface area (Å²) in [5, 5.41) is 9.01. The second-order valence-electron chi connectivity index (χ2n) is 6.59. The van der Waals surface area contributed by atoms with E-state index in [0.29, 0.717) is 22.7 Å². The SMILES string of the molecule is Cc1onc(-c2ccccc2)c1C(=O)Nc1ccc2oc3ccccc3c2c1. The molecule has 0 aliphatic heterocycles. The van der Waals surface area contributed by atoms with Crippen molar-refractivity contribution in [3.8, 4) is 11.3 Å². The molecule has 0 spiro atoms. The van der Waals surface area contributed by atoms with Crippen molar-refractivity contribution in [3.05, 3.63) is 84.1 Å². The number of furan rings is 1. The molecular formula is C23H16N2O3. The minimum Gasteiger partial charge on any atom is -0.456 e. The lowest BCUT2D eigenvalue weighted by Crippen LogP contribution is -2.13. The number of nitrogens with zero attached hydrogens (tertiary/aromatic N) is 1. The van der Waals surface area contributed by atoms with Crippen molar-refractivity contribution in [2.24, 2.45) is 0 Å². The molecule has 5 rings (SSSR count). The van der Waals surface area contributed by atoms with Crippen LogP contribution < -0.4 is 5.32 Å². The summed E-state index contributed by atoms with van der Waals surface area (Å²) >= 11 is 0. The third-order valence-corrected chi connectivity index (χ3v) is 4.77. The summed E-state index contributed by atoms with van der Waals surface area (Å²) in [7, 11) is 0. The standard InChI is InChI=1S/C23H16N2O3/c1-14-21(22(25-28-14)15-7-3-2-4-8-15)23(26)24-16-11-12-20-18(13-16)17-9-5-6-10-19(17)27-20/h2-13H,1H3,(H,24,26). The van der Waals surface area contributed by atoms with Gasteiger partial charge in [-0.3, -0.25) is 4.79 Å². The minimum absolute atomic E-state index is 0.259. The lowest BCUT2D eigenvalue weighted by molar-refractivity contribution is 0.102. The molecule has 0 radical (unpaired) electrons. The number of fused-ring (bicyclic) bond motifs is 3. The van der Waals surface area contributed by atoms with Gasteiger partial charge in [0.05, 0.1) is 0 Å². The molecule has 0 atom stereocenters. The maximum absolute atomic E-state index is 13.0. The van der Waals surface area contributed by atoms with Crippen molar-refractivity contribution in [1.29, 1.82) is 0 Å². The number of benzene rings is 3. The molecular weight excluding hydrogens is 352 g/mol. The van der Waals surface area contributed by atoms with E-state index in [2.05, 4.69) is 10.5 Å². The Kier molecular flexibility index (Phi) is 3.72. The quantitative estimate of drug-likeness (QED) is 0.437. The summed E-state index contributed by atoms with van der Waals surface area (Å²) < 4.78 is 11.1. The molecule has 2 aromatic heterocycles. The molecule has 3 aromatic carbocycles. The van der Waals surface area contributed by atoms with Crippen LogP contribution in [0.1, 0.15) is 16.1 Å². The van der Waals surface area contributed by atoms with Gasteiger partial charge in [-0.2, -0.15) is 0 Å². The van der Waals surface area contributed by atoms with Gasteiger partial charge in [-0.05, 0) is 31.2 Å². The molecule has 1 amide bonds. The maximum Gasteiger partial charge on any atom is 0.261 e. The van der Waals surface area contributed by atoms with Gasteiger partial charge in [-0.1, -0.05) is 53.7 Å². The highest BCUT2D eigenvalue weighted by Crippen LogP contribution is 2.31. The third kappa shape index (κ3) is 2.65. The first-order valence-corrected chi connectivity index (χ1v) is 8.95. The second kappa shape index (κ2) is 6.39. The van der Waals surface area contributed by atoms with E-state index < -0.39 is 0 Å². The summed E-state index contributed by atoms with van der Waals surface area (Å²) in [6.45, 7) is 1.74. The summed E-state index contributed by atoms with van der Waals surface area (Å²) in [6.07, 6.45) is 0. The van der Waals surface area contributed by atoms with E-state index >= 15 is 0 Å². The number of carbonyl (C=O) groups is 1. The van der Waals surface area contributed by atoms with Crippen LogP contribution in [0.3, 0.4) is 0 Å². The topological polar surface area (TPSA) is 68.3 Å². The van der Waals surface area contributed by atoms with Crippen molar-refractivity contribution in [2.75, 3.05) is 5.32 Å². The Morgan fingerprint density at radius 2 is 1.64 bits per heavy atom. The van der Waals surface area contributed by atoms with Gasteiger partial charge in [-0.15, -0.1) is 0 Å². The Morgan fingerprint density at radius 3 is 2.50 bits per heavy atom. The largest absolute Gasteiger partial charge is 0.456 e. The number of hydrogen-bond acceptors (Lipinski definition) is 4. The number of carbonyl (C=O) groups excluding carboxylic acids is 1. The Labute approximate surface area is 160 Å². The predicted octanol–water partition coefficient (Wildman–Crippen LogP) is 5.80. The lowest BCUT2D eigenvalue weighted by Gasteiger charge is -2.06. The first-order valence-electron chi connectivity index (χ1n) is 8.95. The van der Waals surface area contributed by atoms with E-state index in [1.54, 1.807) is 6.92 Å². The summed E-state index contributed by atoms with van der Waals surface area (Å²) in [4.78, 5) is 13.0. The smallest absolute Gasteiger partial charge is 0.261 e. The molecule has 0 aliphatic carbocycles. The van der Waals surface area contributed by atoms with Crippen LogP contribution in [0, 0.1) is 6.92 Å². The Morgan fingerprint density at radius 1 is 0.893 bits per heavy atom. The van der Waals surface area contributed by atoms with Crippen LogP contribution in [-0.4, -0.2) is 11.1 Å². The summed E-state index contributed by atoms with van der Waals surface area (Å²) in [5.74, 6) is 0.218. The predicted molar refractivity (Wildman–Crippen MR) is 108 cm³/mol. The highest BCUT2D eigenvalue weighted by Gasteiger charge is 2.22. The van der Waals surface area contributed by atoms with Gasteiger partial charge >= 0.3 is 0 Å². The van der Waals surface area contributed by atoms with Gasteiger partial charge in [0.15, 0.2) is 0 Å². The first-order chi connectivity index (χ1) is 13.7. The molecule has 5 nitrogen and oxygen atoms in total. The number of aryl methyl sites for hydroxylation is 1. The number of rotatable bonds is 3. The number of aromatic nitrogens is 1. The van der Waals surface area contributed by atoms with E-state index in [-0.39, 0.29) is 5.91 Å². The summed E-state index contributed by atoms with van der Waals surface area (Å²) in [6, 6.07) is 23.0. The van der Waals surface area contributed by atoms with Crippen LogP contribution in [0.4, 0.5) is 5.69 Å². The molecule has 2 heterocycles. The Bertz CT molecular complexity index is 1320. The number of nitrogens with one attached hydrogen (secondary N) is 1. The fraction of sp³-hybridized carbons (Fsp3) is 0.0435. The van der Waals surface area contributed by atoms with Crippen LogP contribution >= 0.6 is 0 Å². The zero-order chi connectivity index (χ0) is 19.1. The Balaban J connectivity index is 1.53. The molecule has 28 heavy (non-hydrogen) atoms. The highest BCUT2D eigenvalue weighted by atomic mass is 16.5. The first kappa shape index (κ1) is 16.3. The van der Waals surface area contributed by atoms with Crippen molar-refractivity contribution in [2.45, 2.75) is 6.92 Å². The van der Waals surface area contributed by atoms with E-state index in [1.807, 2.05) is 72.8 Å². The van der Waals surface area contributed by atoms with Gasteiger partial charge in [0.2, 0.25) is 0 Å². The molecule has 0 aliphatic rings. The van der Waals surface area contributed by atoms with Crippen LogP contribution in [0.25, 0.3) is 33.2 Å². The van der Waals surface area contributed by atoms with Crippen molar-refractivity contribution in [1.82, 2.24) is 5.16 Å². The average molecular weight is 368 g/mol. The van der Waals surface area contributed by atoms with Gasteiger partial charge in [0.1, 0.15) is 28.2 Å². The molecule has 0 bridgehead atoms. The molecule has 5 aromatic rings. The highest BCUT2D eigenvalue weighted by molar-refractivity contribution is 6.11. The van der Waals surface area contributed by atoms with Gasteiger partial charge in [0.25, 0.3) is 5.91 Å². The lowest BCUT2D eigenvalue weighted by atomic mass is 10.1. The van der Waals surface area contributed by atoms with Gasteiger partial charge in [0, 0.05) is 22.0 Å². The molecule has 0 fully saturated rings. The van der Waals surface area contributed by atoms with Crippen molar-refractivity contribution < 1.29 is 13.7 Å². The average Bonchev–Trinajstić information content (AvgIpc) is 3.29. The zero-order valence-electron chi connectivity index (χ0n) is 15.1. The van der Waals surface area contributed by atoms with E-state index in [4.69, 9.17) is 8.94 Å². The fourth-order valence-electron chi connectivity index (χ4n) is 3.43. The second-order valence-corrected chi connectivity index (χ2v) is 6.59. The van der Waals surface area contributed by atoms with Gasteiger partial charge in [-0.25, -0.2) is 0 Å². The number of amides is 1. The molecule has 0 saturated carbocycles. The molecule has 5 heteroatoms. The normalized spacial score (nSPS) is 11.2. The Hall–Kier alpha value is -3.86. The van der Waals surface area contributed by atoms with Crippen LogP contribution in [0.15, 0.2) is 81.7 Å². The molecule has 1 N–H and O–H groups in total. The number of anilines is 1.